The van der Waals surface area contributed by atoms with Crippen molar-refractivity contribution >= 4 is 0 Å². The summed E-state index contributed by atoms with van der Waals surface area (Å²) in [7, 11) is 0. The van der Waals surface area contributed by atoms with Crippen LogP contribution in [0.15, 0.2) is 0 Å². The van der Waals surface area contributed by atoms with Gasteiger partial charge in [0.2, 0.25) is 0 Å². The summed E-state index contributed by atoms with van der Waals surface area (Å²) in [5, 5.41) is 20.0. The topological polar surface area (TPSA) is 43.7 Å². The van der Waals surface area contributed by atoms with Gasteiger partial charge in [-0.05, 0) is 19.3 Å². The average Bonchev–Trinajstić information content (AvgIpc) is 2.15. The molecule has 2 rings (SSSR count). The minimum absolute atomic E-state index is 0.162. The Morgan fingerprint density at radius 1 is 1.27 bits per heavy atom. The van der Waals surface area contributed by atoms with E-state index in [2.05, 4.69) is 11.8 Å². The van der Waals surface area contributed by atoms with Gasteiger partial charge < -0.3 is 10.2 Å². The van der Waals surface area contributed by atoms with Crippen LogP contribution in [0, 0.1) is 0 Å². The van der Waals surface area contributed by atoms with Crippen LogP contribution in [0.3, 0.4) is 0 Å². The Balaban J connectivity index is 1.82. The monoisotopic (exact) mass is 213 g/mol. The van der Waals surface area contributed by atoms with E-state index >= 15 is 0 Å². The minimum Gasteiger partial charge on any atom is -0.391 e. The summed E-state index contributed by atoms with van der Waals surface area (Å²) in [6.07, 6.45) is 6.19. The van der Waals surface area contributed by atoms with Crippen LogP contribution in [-0.2, 0) is 0 Å². The summed E-state index contributed by atoms with van der Waals surface area (Å²) in [5.41, 5.74) is -0.452. The van der Waals surface area contributed by atoms with Crippen molar-refractivity contribution in [2.75, 3.05) is 13.1 Å². The molecule has 1 heterocycles. The molecule has 0 radical (unpaired) electrons. The molecule has 1 aliphatic heterocycles. The molecule has 0 spiro atoms. The van der Waals surface area contributed by atoms with Crippen molar-refractivity contribution in [2.24, 2.45) is 0 Å². The molecule has 2 N–H and O–H groups in total. The summed E-state index contributed by atoms with van der Waals surface area (Å²) in [4.78, 5) is 2.26. The second-order valence-corrected chi connectivity index (χ2v) is 5.30. The van der Waals surface area contributed by atoms with E-state index in [1.54, 1.807) is 0 Å². The molecule has 0 amide bonds. The molecule has 15 heavy (non-hydrogen) atoms. The highest BCUT2D eigenvalue weighted by atomic mass is 16.3. The molecule has 2 aliphatic rings. The molecule has 1 saturated heterocycles. The fraction of sp³-hybridized carbons (Fsp3) is 1.00. The van der Waals surface area contributed by atoms with E-state index in [0.717, 1.165) is 45.2 Å². The highest BCUT2D eigenvalue weighted by molar-refractivity contribution is 5.00. The number of hydrogen-bond acceptors (Lipinski definition) is 3. The molecular formula is C12H23NO2. The van der Waals surface area contributed by atoms with Crippen molar-refractivity contribution in [3.05, 3.63) is 0 Å². The second kappa shape index (κ2) is 4.40. The van der Waals surface area contributed by atoms with Crippen LogP contribution < -0.4 is 0 Å². The smallest absolute Gasteiger partial charge is 0.0900 e. The van der Waals surface area contributed by atoms with Crippen LogP contribution in [0.25, 0.3) is 0 Å². The molecule has 2 fully saturated rings. The number of β-amino-alcohol motifs (C(OH)–C–C–N with tert-alkyl or cyclic N) is 1. The first kappa shape index (κ1) is 11.4. The van der Waals surface area contributed by atoms with E-state index in [-0.39, 0.29) is 6.10 Å². The van der Waals surface area contributed by atoms with E-state index in [4.69, 9.17) is 0 Å². The maximum atomic E-state index is 10.1. The quantitative estimate of drug-likeness (QED) is 0.739. The van der Waals surface area contributed by atoms with Crippen molar-refractivity contribution in [3.63, 3.8) is 0 Å². The maximum Gasteiger partial charge on any atom is 0.0900 e. The van der Waals surface area contributed by atoms with Crippen LogP contribution in [0.5, 0.6) is 0 Å². The molecule has 3 nitrogen and oxygen atoms in total. The summed E-state index contributed by atoms with van der Waals surface area (Å²) in [5.74, 6) is 0. The lowest BCUT2D eigenvalue weighted by Gasteiger charge is -2.52. The fourth-order valence-electron chi connectivity index (χ4n) is 3.09. The van der Waals surface area contributed by atoms with Crippen molar-refractivity contribution in [1.82, 2.24) is 4.90 Å². The molecule has 0 aromatic rings. The Bertz CT molecular complexity index is 214. The molecule has 0 bridgehead atoms. The normalized spacial score (nSPS) is 36.2. The average molecular weight is 213 g/mol. The standard InChI is InChI=1S/C12H23NO2/c1-2-7-12(15)8-13(9-12)10-5-3-4-6-11(10)14/h10-11,14-15H,2-9H2,1H3/t10-,11-/m0/s1. The van der Waals surface area contributed by atoms with Gasteiger partial charge in [0, 0.05) is 19.1 Å². The number of nitrogens with zero attached hydrogens (tertiary/aromatic N) is 1. The van der Waals surface area contributed by atoms with Crippen LogP contribution in [0.1, 0.15) is 45.4 Å². The number of likely N-dealkylation sites (tertiary alicyclic amines) is 1. The lowest BCUT2D eigenvalue weighted by molar-refractivity contribution is -0.142. The first-order valence-electron chi connectivity index (χ1n) is 6.29. The van der Waals surface area contributed by atoms with Crippen molar-refractivity contribution < 1.29 is 10.2 Å². The lowest BCUT2D eigenvalue weighted by atomic mass is 9.83. The summed E-state index contributed by atoms with van der Waals surface area (Å²) < 4.78 is 0. The first-order valence-corrected chi connectivity index (χ1v) is 6.29. The molecule has 1 aliphatic carbocycles. The molecular weight excluding hydrogens is 190 g/mol. The van der Waals surface area contributed by atoms with Gasteiger partial charge in [0.05, 0.1) is 11.7 Å². The largest absolute Gasteiger partial charge is 0.391 e. The van der Waals surface area contributed by atoms with Gasteiger partial charge in [-0.3, -0.25) is 4.90 Å². The van der Waals surface area contributed by atoms with E-state index in [1.165, 1.54) is 6.42 Å². The van der Waals surface area contributed by atoms with E-state index in [9.17, 15) is 10.2 Å². The number of aliphatic hydroxyl groups excluding tert-OH is 1. The first-order chi connectivity index (χ1) is 7.14. The maximum absolute atomic E-state index is 10.1. The van der Waals surface area contributed by atoms with Gasteiger partial charge in [0.15, 0.2) is 0 Å². The summed E-state index contributed by atoms with van der Waals surface area (Å²) in [6.45, 7) is 3.64. The summed E-state index contributed by atoms with van der Waals surface area (Å²) >= 11 is 0. The molecule has 0 aromatic carbocycles. The van der Waals surface area contributed by atoms with Gasteiger partial charge in [-0.2, -0.15) is 0 Å². The fourth-order valence-corrected chi connectivity index (χ4v) is 3.09. The molecule has 0 aromatic heterocycles. The van der Waals surface area contributed by atoms with E-state index in [1.807, 2.05) is 0 Å². The predicted octanol–water partition coefficient (Wildman–Crippen LogP) is 1.14. The molecule has 3 heteroatoms. The summed E-state index contributed by atoms with van der Waals surface area (Å²) in [6, 6.07) is 0.316. The van der Waals surface area contributed by atoms with Crippen LogP contribution in [0.4, 0.5) is 0 Å². The number of rotatable bonds is 3. The molecule has 0 unspecified atom stereocenters. The Kier molecular flexibility index (Phi) is 3.33. The van der Waals surface area contributed by atoms with Gasteiger partial charge in [-0.15, -0.1) is 0 Å². The minimum atomic E-state index is -0.452. The predicted molar refractivity (Wildman–Crippen MR) is 59.7 cm³/mol. The zero-order valence-electron chi connectivity index (χ0n) is 9.65. The van der Waals surface area contributed by atoms with Crippen molar-refractivity contribution in [1.29, 1.82) is 0 Å². The lowest BCUT2D eigenvalue weighted by Crippen LogP contribution is -2.66. The van der Waals surface area contributed by atoms with Crippen molar-refractivity contribution in [3.8, 4) is 0 Å². The zero-order valence-corrected chi connectivity index (χ0v) is 9.65. The van der Waals surface area contributed by atoms with E-state index in [0.29, 0.717) is 6.04 Å². The van der Waals surface area contributed by atoms with Gasteiger partial charge in [0.25, 0.3) is 0 Å². The Hall–Kier alpha value is -0.120. The second-order valence-electron chi connectivity index (χ2n) is 5.30. The van der Waals surface area contributed by atoms with Gasteiger partial charge in [-0.1, -0.05) is 26.2 Å². The Labute approximate surface area is 92.1 Å². The number of hydrogen-bond donors (Lipinski definition) is 2. The molecule has 1 saturated carbocycles. The molecule has 88 valence electrons. The third-order valence-electron chi connectivity index (χ3n) is 3.87. The third-order valence-corrected chi connectivity index (χ3v) is 3.87. The third kappa shape index (κ3) is 2.35. The van der Waals surface area contributed by atoms with E-state index < -0.39 is 5.60 Å². The van der Waals surface area contributed by atoms with Gasteiger partial charge in [-0.25, -0.2) is 0 Å². The van der Waals surface area contributed by atoms with Gasteiger partial charge in [0.1, 0.15) is 0 Å². The Morgan fingerprint density at radius 3 is 2.53 bits per heavy atom. The molecule has 2 atom stereocenters. The highest BCUT2D eigenvalue weighted by Gasteiger charge is 2.45. The Morgan fingerprint density at radius 2 is 1.93 bits per heavy atom. The van der Waals surface area contributed by atoms with Crippen LogP contribution in [0.2, 0.25) is 0 Å². The number of aliphatic hydroxyl groups is 2. The van der Waals surface area contributed by atoms with Crippen LogP contribution >= 0.6 is 0 Å². The van der Waals surface area contributed by atoms with Crippen molar-refractivity contribution in [2.45, 2.75) is 63.2 Å². The highest BCUT2D eigenvalue weighted by Crippen LogP contribution is 2.33. The van der Waals surface area contributed by atoms with Gasteiger partial charge >= 0.3 is 0 Å². The SMILES string of the molecule is CCCC1(O)CN([C@H]2CCCC[C@@H]2O)C1. The zero-order chi connectivity index (χ0) is 10.9. The van der Waals surface area contributed by atoms with Crippen LogP contribution in [-0.4, -0.2) is 45.9 Å².